The Labute approximate surface area is 87.9 Å². The highest BCUT2D eigenvalue weighted by Crippen LogP contribution is 1.87. The molecule has 0 aliphatic carbocycles. The number of carbonyl (C=O) groups is 3. The van der Waals surface area contributed by atoms with Gasteiger partial charge in [0.1, 0.15) is 0 Å². The van der Waals surface area contributed by atoms with Gasteiger partial charge in [-0.2, -0.15) is 0 Å². The van der Waals surface area contributed by atoms with Crippen molar-refractivity contribution in [2.45, 2.75) is 6.92 Å². The van der Waals surface area contributed by atoms with Gasteiger partial charge >= 0.3 is 5.97 Å². The van der Waals surface area contributed by atoms with Gasteiger partial charge in [0.15, 0.2) is 12.6 Å². The van der Waals surface area contributed by atoms with E-state index in [0.717, 1.165) is 0 Å². The third kappa shape index (κ3) is 7.13. The average Bonchev–Trinajstić information content (AvgIpc) is 2.24. The lowest BCUT2D eigenvalue weighted by molar-refractivity contribution is -0.137. The van der Waals surface area contributed by atoms with E-state index in [4.69, 9.17) is 0 Å². The van der Waals surface area contributed by atoms with Crippen LogP contribution >= 0.6 is 0 Å². The molecule has 4 heteroatoms. The summed E-state index contributed by atoms with van der Waals surface area (Å²) < 4.78 is 4.62. The molecule has 0 heterocycles. The van der Waals surface area contributed by atoms with E-state index in [1.54, 1.807) is 6.92 Å². The van der Waals surface area contributed by atoms with E-state index >= 15 is 0 Å². The first-order chi connectivity index (χ1) is 7.24. The normalized spacial score (nSPS) is 10.2. The van der Waals surface area contributed by atoms with Crippen LogP contribution in [0, 0.1) is 0 Å². The molecule has 0 aromatic carbocycles. The number of aldehydes is 2. The molecule has 0 aromatic rings. The Bertz CT molecular complexity index is 301. The van der Waals surface area contributed by atoms with Gasteiger partial charge in [-0.1, -0.05) is 18.2 Å². The number of allylic oxidation sites excluding steroid dienone is 5. The Kier molecular flexibility index (Phi) is 7.49. The quantitative estimate of drug-likeness (QED) is 0.163. The summed E-state index contributed by atoms with van der Waals surface area (Å²) in [6.45, 7) is 2.04. The van der Waals surface area contributed by atoms with E-state index in [1.165, 1.54) is 30.4 Å². The average molecular weight is 208 g/mol. The van der Waals surface area contributed by atoms with Gasteiger partial charge in [-0.25, -0.2) is 4.79 Å². The molecule has 0 saturated carbocycles. The Balaban J connectivity index is 4.09. The highest BCUT2D eigenvalue weighted by atomic mass is 16.5. The van der Waals surface area contributed by atoms with E-state index < -0.39 is 5.97 Å². The van der Waals surface area contributed by atoms with Crippen LogP contribution in [-0.4, -0.2) is 25.1 Å². The van der Waals surface area contributed by atoms with Crippen molar-refractivity contribution in [2.24, 2.45) is 0 Å². The predicted octanol–water partition coefficient (Wildman–Crippen LogP) is 0.986. The van der Waals surface area contributed by atoms with Crippen LogP contribution in [-0.2, 0) is 19.1 Å². The fourth-order valence-corrected chi connectivity index (χ4v) is 0.662. The number of esters is 1. The van der Waals surface area contributed by atoms with Crippen molar-refractivity contribution in [1.29, 1.82) is 0 Å². The third-order valence-electron chi connectivity index (χ3n) is 1.30. The lowest BCUT2D eigenvalue weighted by Gasteiger charge is -1.92. The smallest absolute Gasteiger partial charge is 0.330 e. The highest BCUT2D eigenvalue weighted by Gasteiger charge is 1.90. The topological polar surface area (TPSA) is 60.4 Å². The number of ether oxygens (including phenoxy) is 1. The maximum absolute atomic E-state index is 10.8. The van der Waals surface area contributed by atoms with E-state index in [1.807, 2.05) is 0 Å². The zero-order chi connectivity index (χ0) is 11.5. The molecular weight excluding hydrogens is 196 g/mol. The zero-order valence-corrected chi connectivity index (χ0v) is 8.38. The molecule has 15 heavy (non-hydrogen) atoms. The van der Waals surface area contributed by atoms with Crippen LogP contribution in [0.2, 0.25) is 0 Å². The number of hydrogen-bond acceptors (Lipinski definition) is 4. The first-order valence-corrected chi connectivity index (χ1v) is 4.36. The number of hydrogen-bond donors (Lipinski definition) is 0. The molecule has 0 amide bonds. The van der Waals surface area contributed by atoms with Gasteiger partial charge < -0.3 is 4.74 Å². The molecule has 80 valence electrons. The summed E-state index contributed by atoms with van der Waals surface area (Å²) in [6.07, 6.45) is 7.95. The molecule has 0 fully saturated rings. The Morgan fingerprint density at radius 1 is 1.13 bits per heavy atom. The zero-order valence-electron chi connectivity index (χ0n) is 8.38. The molecule has 0 aromatic heterocycles. The SMILES string of the molecule is CCOC(=O)/C=C/C=C/C=C(C=O)C=O. The van der Waals surface area contributed by atoms with Crippen molar-refractivity contribution >= 4 is 18.5 Å². The molecule has 0 saturated heterocycles. The van der Waals surface area contributed by atoms with Crippen molar-refractivity contribution in [2.75, 3.05) is 6.61 Å². The van der Waals surface area contributed by atoms with Crippen LogP contribution in [0.15, 0.2) is 36.0 Å². The van der Waals surface area contributed by atoms with Crippen molar-refractivity contribution in [3.05, 3.63) is 36.0 Å². The van der Waals surface area contributed by atoms with Crippen molar-refractivity contribution in [3.63, 3.8) is 0 Å². The second-order valence-electron chi connectivity index (χ2n) is 2.40. The lowest BCUT2D eigenvalue weighted by atomic mass is 10.3. The summed E-state index contributed by atoms with van der Waals surface area (Å²) >= 11 is 0. The van der Waals surface area contributed by atoms with Gasteiger partial charge in [0.2, 0.25) is 0 Å². The van der Waals surface area contributed by atoms with Gasteiger partial charge in [-0.3, -0.25) is 9.59 Å². The Morgan fingerprint density at radius 3 is 2.33 bits per heavy atom. The van der Waals surface area contributed by atoms with Crippen LogP contribution in [0.3, 0.4) is 0 Å². The third-order valence-corrected chi connectivity index (χ3v) is 1.30. The molecule has 0 rings (SSSR count). The maximum Gasteiger partial charge on any atom is 0.330 e. The summed E-state index contributed by atoms with van der Waals surface area (Å²) in [5, 5.41) is 0. The van der Waals surface area contributed by atoms with Crippen molar-refractivity contribution in [3.8, 4) is 0 Å². The van der Waals surface area contributed by atoms with Gasteiger partial charge in [-0.15, -0.1) is 0 Å². The first-order valence-electron chi connectivity index (χ1n) is 4.36. The Morgan fingerprint density at radius 2 is 1.80 bits per heavy atom. The van der Waals surface area contributed by atoms with Crippen molar-refractivity contribution < 1.29 is 19.1 Å². The molecular formula is C11H12O4. The fourth-order valence-electron chi connectivity index (χ4n) is 0.662. The second kappa shape index (κ2) is 8.62. The van der Waals surface area contributed by atoms with E-state index in [2.05, 4.69) is 4.74 Å². The van der Waals surface area contributed by atoms with Crippen LogP contribution in [0.4, 0.5) is 0 Å². The largest absolute Gasteiger partial charge is 0.463 e. The minimum Gasteiger partial charge on any atom is -0.463 e. The standard InChI is InChI=1S/C11H12O4/c1-2-15-11(14)7-5-3-4-6-10(8-12)9-13/h3-9H,2H2,1H3/b4-3+,7-5+. The second-order valence-corrected chi connectivity index (χ2v) is 2.40. The van der Waals surface area contributed by atoms with Gasteiger partial charge in [-0.05, 0) is 13.0 Å². The van der Waals surface area contributed by atoms with Crippen LogP contribution in [0.25, 0.3) is 0 Å². The molecule has 4 nitrogen and oxygen atoms in total. The number of rotatable bonds is 6. The van der Waals surface area contributed by atoms with Crippen LogP contribution < -0.4 is 0 Å². The van der Waals surface area contributed by atoms with E-state index in [9.17, 15) is 14.4 Å². The fraction of sp³-hybridized carbons (Fsp3) is 0.182. The van der Waals surface area contributed by atoms with E-state index in [-0.39, 0.29) is 5.57 Å². The molecule has 0 N–H and O–H groups in total. The minimum atomic E-state index is -0.433. The van der Waals surface area contributed by atoms with Crippen LogP contribution in [0.1, 0.15) is 6.92 Å². The molecule has 0 aliphatic rings. The minimum absolute atomic E-state index is 0.0378. The first kappa shape index (κ1) is 13.0. The maximum atomic E-state index is 10.8. The summed E-state index contributed by atoms with van der Waals surface area (Å²) in [5.41, 5.74) is 0.0378. The van der Waals surface area contributed by atoms with Gasteiger partial charge in [0.25, 0.3) is 0 Å². The molecule has 0 unspecified atom stereocenters. The summed E-state index contributed by atoms with van der Waals surface area (Å²) in [6, 6.07) is 0. The van der Waals surface area contributed by atoms with E-state index in [0.29, 0.717) is 19.2 Å². The molecule has 0 bridgehead atoms. The van der Waals surface area contributed by atoms with Crippen molar-refractivity contribution in [1.82, 2.24) is 0 Å². The summed E-state index contributed by atoms with van der Waals surface area (Å²) in [5.74, 6) is -0.433. The van der Waals surface area contributed by atoms with Gasteiger partial charge in [0, 0.05) is 6.08 Å². The van der Waals surface area contributed by atoms with Crippen LogP contribution in [0.5, 0.6) is 0 Å². The van der Waals surface area contributed by atoms with Gasteiger partial charge in [0.05, 0.1) is 12.2 Å². The molecule has 0 atom stereocenters. The highest BCUT2D eigenvalue weighted by molar-refractivity contribution is 5.99. The molecule has 0 aliphatic heterocycles. The predicted molar refractivity (Wildman–Crippen MR) is 55.1 cm³/mol. The summed E-state index contributed by atoms with van der Waals surface area (Å²) in [4.78, 5) is 31.1. The Hall–Kier alpha value is -1.97. The summed E-state index contributed by atoms with van der Waals surface area (Å²) in [7, 11) is 0. The molecule has 0 radical (unpaired) electrons. The molecule has 0 spiro atoms. The number of carbonyl (C=O) groups excluding carboxylic acids is 3. The monoisotopic (exact) mass is 208 g/mol. The lowest BCUT2D eigenvalue weighted by Crippen LogP contribution is -1.98.